The Morgan fingerprint density at radius 3 is 2.80 bits per heavy atom. The number of β-amino-alcohol motifs (C(OH)–C–C–N with tert-alkyl or cyclic N) is 1. The van der Waals surface area contributed by atoms with Crippen molar-refractivity contribution in [1.29, 1.82) is 0 Å². The van der Waals surface area contributed by atoms with Crippen molar-refractivity contribution in [3.8, 4) is 0 Å². The standard InChI is InChI=1S/C13H22ClN5O/c1-15-11-12(14)17-9-18-13(11)16-8-10-2-4-19(5-3-10)6-7-20/h9-10,15,20H,2-8H2,1H3,(H,16,17,18). The molecular formula is C13H22ClN5O. The first-order valence-corrected chi connectivity index (χ1v) is 7.37. The predicted molar refractivity (Wildman–Crippen MR) is 81.3 cm³/mol. The highest BCUT2D eigenvalue weighted by atomic mass is 35.5. The molecule has 0 atom stereocenters. The van der Waals surface area contributed by atoms with Crippen LogP contribution in [-0.4, -0.2) is 59.8 Å². The smallest absolute Gasteiger partial charge is 0.157 e. The summed E-state index contributed by atoms with van der Waals surface area (Å²) in [5.41, 5.74) is 0.742. The van der Waals surface area contributed by atoms with Gasteiger partial charge in [-0.15, -0.1) is 0 Å². The third-order valence-corrected chi connectivity index (χ3v) is 4.02. The number of anilines is 2. The molecule has 2 heterocycles. The van der Waals surface area contributed by atoms with Crippen molar-refractivity contribution in [3.63, 3.8) is 0 Å². The molecule has 1 fully saturated rings. The SMILES string of the molecule is CNc1c(Cl)ncnc1NCC1CCN(CCO)CC1. The highest BCUT2D eigenvalue weighted by molar-refractivity contribution is 6.32. The van der Waals surface area contributed by atoms with E-state index in [1.165, 1.54) is 6.33 Å². The van der Waals surface area contributed by atoms with Gasteiger partial charge >= 0.3 is 0 Å². The highest BCUT2D eigenvalue weighted by Gasteiger charge is 2.19. The number of nitrogens with one attached hydrogen (secondary N) is 2. The summed E-state index contributed by atoms with van der Waals surface area (Å²) >= 11 is 6.02. The third kappa shape index (κ3) is 3.94. The summed E-state index contributed by atoms with van der Waals surface area (Å²) in [4.78, 5) is 10.5. The summed E-state index contributed by atoms with van der Waals surface area (Å²) in [5.74, 6) is 1.38. The summed E-state index contributed by atoms with van der Waals surface area (Å²) in [6.07, 6.45) is 3.75. The van der Waals surface area contributed by atoms with Crippen molar-refractivity contribution >= 4 is 23.1 Å². The minimum absolute atomic E-state index is 0.244. The molecule has 0 radical (unpaired) electrons. The van der Waals surface area contributed by atoms with Gasteiger partial charge in [0, 0.05) is 20.1 Å². The Kier molecular flexibility index (Phi) is 5.82. The van der Waals surface area contributed by atoms with Crippen LogP contribution in [0.15, 0.2) is 6.33 Å². The van der Waals surface area contributed by atoms with Crippen LogP contribution in [0.25, 0.3) is 0 Å². The summed E-state index contributed by atoms with van der Waals surface area (Å²) in [6, 6.07) is 0. The number of piperidine rings is 1. The van der Waals surface area contributed by atoms with Crippen molar-refractivity contribution in [3.05, 3.63) is 11.5 Å². The van der Waals surface area contributed by atoms with E-state index in [1.807, 2.05) is 7.05 Å². The largest absolute Gasteiger partial charge is 0.395 e. The van der Waals surface area contributed by atoms with E-state index in [0.29, 0.717) is 11.1 Å². The second-order valence-corrected chi connectivity index (χ2v) is 5.39. The van der Waals surface area contributed by atoms with E-state index >= 15 is 0 Å². The van der Waals surface area contributed by atoms with Crippen LogP contribution in [0.5, 0.6) is 0 Å². The minimum atomic E-state index is 0.244. The molecule has 7 heteroatoms. The molecule has 1 aromatic rings. The lowest BCUT2D eigenvalue weighted by atomic mass is 9.97. The molecule has 3 N–H and O–H groups in total. The Hall–Kier alpha value is -1.11. The zero-order chi connectivity index (χ0) is 14.4. The number of hydrogen-bond acceptors (Lipinski definition) is 6. The molecule has 112 valence electrons. The number of likely N-dealkylation sites (tertiary alicyclic amines) is 1. The lowest BCUT2D eigenvalue weighted by Gasteiger charge is -2.31. The molecule has 0 unspecified atom stereocenters. The molecule has 1 saturated heterocycles. The summed E-state index contributed by atoms with van der Waals surface area (Å²) < 4.78 is 0. The average Bonchev–Trinajstić information content (AvgIpc) is 2.47. The zero-order valence-electron chi connectivity index (χ0n) is 11.8. The van der Waals surface area contributed by atoms with Gasteiger partial charge in [0.2, 0.25) is 0 Å². The zero-order valence-corrected chi connectivity index (χ0v) is 12.5. The van der Waals surface area contributed by atoms with Crippen LogP contribution in [0.4, 0.5) is 11.5 Å². The monoisotopic (exact) mass is 299 g/mol. The molecule has 0 bridgehead atoms. The second kappa shape index (κ2) is 7.61. The van der Waals surface area contributed by atoms with E-state index in [4.69, 9.17) is 16.7 Å². The lowest BCUT2D eigenvalue weighted by Crippen LogP contribution is -2.37. The molecule has 0 aliphatic carbocycles. The van der Waals surface area contributed by atoms with Crippen LogP contribution >= 0.6 is 11.6 Å². The number of halogens is 1. The maximum atomic E-state index is 8.93. The van der Waals surface area contributed by atoms with Crippen LogP contribution in [0.1, 0.15) is 12.8 Å². The normalized spacial score (nSPS) is 17.1. The summed E-state index contributed by atoms with van der Waals surface area (Å²) in [5, 5.41) is 15.7. The van der Waals surface area contributed by atoms with Gasteiger partial charge in [-0.3, -0.25) is 0 Å². The number of aliphatic hydroxyl groups is 1. The van der Waals surface area contributed by atoms with Gasteiger partial charge in [-0.2, -0.15) is 0 Å². The quantitative estimate of drug-likeness (QED) is 0.688. The highest BCUT2D eigenvalue weighted by Crippen LogP contribution is 2.26. The molecule has 6 nitrogen and oxygen atoms in total. The van der Waals surface area contributed by atoms with E-state index < -0.39 is 0 Å². The predicted octanol–water partition coefficient (Wildman–Crippen LogP) is 1.29. The molecule has 0 amide bonds. The van der Waals surface area contributed by atoms with E-state index in [-0.39, 0.29) is 6.61 Å². The van der Waals surface area contributed by atoms with Crippen LogP contribution in [0, 0.1) is 5.92 Å². The molecule has 20 heavy (non-hydrogen) atoms. The molecule has 1 aliphatic heterocycles. The van der Waals surface area contributed by atoms with Gasteiger partial charge in [0.05, 0.1) is 6.61 Å². The molecule has 0 aromatic carbocycles. The van der Waals surface area contributed by atoms with Crippen molar-refractivity contribution in [2.75, 3.05) is 50.5 Å². The molecule has 2 rings (SSSR count). The Morgan fingerprint density at radius 2 is 2.15 bits per heavy atom. The Morgan fingerprint density at radius 1 is 1.40 bits per heavy atom. The lowest BCUT2D eigenvalue weighted by molar-refractivity contribution is 0.151. The number of aromatic nitrogens is 2. The Labute approximate surface area is 124 Å². The van der Waals surface area contributed by atoms with Gasteiger partial charge in [0.1, 0.15) is 12.0 Å². The van der Waals surface area contributed by atoms with Crippen molar-refractivity contribution in [1.82, 2.24) is 14.9 Å². The molecule has 0 saturated carbocycles. The minimum Gasteiger partial charge on any atom is -0.395 e. The summed E-state index contributed by atoms with van der Waals surface area (Å²) in [7, 11) is 1.81. The Bertz CT molecular complexity index is 423. The second-order valence-electron chi connectivity index (χ2n) is 5.03. The van der Waals surface area contributed by atoms with Crippen LogP contribution in [-0.2, 0) is 0 Å². The fraction of sp³-hybridized carbons (Fsp3) is 0.692. The van der Waals surface area contributed by atoms with Crippen LogP contribution < -0.4 is 10.6 Å². The molecule has 1 aromatic heterocycles. The maximum absolute atomic E-state index is 8.93. The fourth-order valence-corrected chi connectivity index (χ4v) is 2.74. The van der Waals surface area contributed by atoms with Crippen LogP contribution in [0.3, 0.4) is 0 Å². The third-order valence-electron chi connectivity index (χ3n) is 3.73. The first kappa shape index (κ1) is 15.3. The number of nitrogens with zero attached hydrogens (tertiary/aromatic N) is 3. The fourth-order valence-electron chi connectivity index (χ4n) is 2.52. The topological polar surface area (TPSA) is 73.3 Å². The van der Waals surface area contributed by atoms with Gasteiger partial charge in [-0.05, 0) is 31.8 Å². The number of aliphatic hydroxyl groups excluding tert-OH is 1. The van der Waals surface area contributed by atoms with Crippen molar-refractivity contribution in [2.24, 2.45) is 5.92 Å². The number of rotatable bonds is 6. The average molecular weight is 300 g/mol. The first-order chi connectivity index (χ1) is 9.74. The maximum Gasteiger partial charge on any atom is 0.157 e. The van der Waals surface area contributed by atoms with Gasteiger partial charge in [-0.1, -0.05) is 11.6 Å². The Balaban J connectivity index is 1.83. The van der Waals surface area contributed by atoms with E-state index in [9.17, 15) is 0 Å². The van der Waals surface area contributed by atoms with Gasteiger partial charge < -0.3 is 20.6 Å². The number of hydrogen-bond donors (Lipinski definition) is 3. The van der Waals surface area contributed by atoms with E-state index in [0.717, 1.165) is 50.5 Å². The van der Waals surface area contributed by atoms with E-state index in [1.54, 1.807) is 0 Å². The summed E-state index contributed by atoms with van der Waals surface area (Å²) in [6.45, 7) is 4.01. The van der Waals surface area contributed by atoms with Crippen LogP contribution in [0.2, 0.25) is 5.15 Å². The van der Waals surface area contributed by atoms with Crippen molar-refractivity contribution < 1.29 is 5.11 Å². The van der Waals surface area contributed by atoms with Gasteiger partial charge in [-0.25, -0.2) is 9.97 Å². The first-order valence-electron chi connectivity index (χ1n) is 7.00. The van der Waals surface area contributed by atoms with Gasteiger partial charge in [0.25, 0.3) is 0 Å². The molecule has 1 aliphatic rings. The van der Waals surface area contributed by atoms with E-state index in [2.05, 4.69) is 25.5 Å². The van der Waals surface area contributed by atoms with Crippen molar-refractivity contribution in [2.45, 2.75) is 12.8 Å². The van der Waals surface area contributed by atoms with Gasteiger partial charge in [0.15, 0.2) is 11.0 Å². The molecule has 0 spiro atoms. The molecular weight excluding hydrogens is 278 g/mol.